The molecule has 72 valence electrons. The van der Waals surface area contributed by atoms with Gasteiger partial charge in [0.1, 0.15) is 0 Å². The van der Waals surface area contributed by atoms with Gasteiger partial charge in [0, 0.05) is 6.42 Å². The molecule has 0 saturated heterocycles. The zero-order valence-corrected chi connectivity index (χ0v) is 8.40. The zero-order chi connectivity index (χ0) is 10.2. The lowest BCUT2D eigenvalue weighted by molar-refractivity contribution is 1.00. The van der Waals surface area contributed by atoms with E-state index in [4.69, 9.17) is 5.26 Å². The van der Waals surface area contributed by atoms with E-state index in [2.05, 4.69) is 35.3 Å². The lowest BCUT2D eigenvalue weighted by Crippen LogP contribution is -1.86. The molecule has 0 fully saturated rings. The molecule has 0 aliphatic heterocycles. The van der Waals surface area contributed by atoms with Crippen LogP contribution in [0, 0.1) is 11.3 Å². The molecule has 2 heteroatoms. The van der Waals surface area contributed by atoms with Crippen molar-refractivity contribution in [3.05, 3.63) is 35.4 Å². The molecule has 0 radical (unpaired) electrons. The summed E-state index contributed by atoms with van der Waals surface area (Å²) in [5.74, 6) is 0. The van der Waals surface area contributed by atoms with Crippen LogP contribution in [0.25, 0.3) is 0 Å². The Labute approximate surface area is 84.9 Å². The van der Waals surface area contributed by atoms with Crippen LogP contribution in [-0.4, -0.2) is 6.21 Å². The fourth-order valence-corrected chi connectivity index (χ4v) is 1.21. The Bertz CT molecular complexity index is 330. The van der Waals surface area contributed by atoms with E-state index in [1.165, 1.54) is 11.1 Å². The highest BCUT2D eigenvalue weighted by Crippen LogP contribution is 2.07. The third kappa shape index (κ3) is 3.40. The van der Waals surface area contributed by atoms with Crippen molar-refractivity contribution in [2.24, 2.45) is 4.99 Å². The smallest absolute Gasteiger partial charge is 0.0635 e. The number of aliphatic imine (C=N–C) groups is 1. The summed E-state index contributed by atoms with van der Waals surface area (Å²) in [4.78, 5) is 4.16. The molecule has 1 aromatic rings. The van der Waals surface area contributed by atoms with Gasteiger partial charge in [-0.3, -0.25) is 4.99 Å². The van der Waals surface area contributed by atoms with Crippen LogP contribution in [0.4, 0.5) is 0 Å². The van der Waals surface area contributed by atoms with Crippen LogP contribution in [0.5, 0.6) is 0 Å². The molecule has 0 aromatic heterocycles. The van der Waals surface area contributed by atoms with Gasteiger partial charge in [0.05, 0.1) is 12.6 Å². The van der Waals surface area contributed by atoms with Crippen molar-refractivity contribution in [1.82, 2.24) is 0 Å². The second-order valence-electron chi connectivity index (χ2n) is 3.07. The van der Waals surface area contributed by atoms with E-state index in [0.29, 0.717) is 6.42 Å². The minimum atomic E-state index is 0.590. The van der Waals surface area contributed by atoms with Crippen LogP contribution in [0.2, 0.25) is 0 Å². The molecule has 0 amide bonds. The molecule has 2 nitrogen and oxygen atoms in total. The summed E-state index contributed by atoms with van der Waals surface area (Å²) < 4.78 is 0. The lowest BCUT2D eigenvalue weighted by atomic mass is 10.1. The van der Waals surface area contributed by atoms with E-state index in [1.807, 2.05) is 13.1 Å². The third-order valence-corrected chi connectivity index (χ3v) is 2.00. The Morgan fingerprint density at radius 1 is 1.29 bits per heavy atom. The van der Waals surface area contributed by atoms with Crippen LogP contribution in [-0.2, 0) is 13.0 Å². The van der Waals surface area contributed by atoms with Crippen molar-refractivity contribution >= 4 is 6.21 Å². The van der Waals surface area contributed by atoms with Crippen LogP contribution in [0.15, 0.2) is 29.3 Å². The molecule has 0 bridgehead atoms. The molecule has 0 N–H and O–H groups in total. The summed E-state index contributed by atoms with van der Waals surface area (Å²) in [6.45, 7) is 2.66. The molecular weight excluding hydrogens is 172 g/mol. The Balaban J connectivity index is 2.55. The van der Waals surface area contributed by atoms with Gasteiger partial charge in [-0.1, -0.05) is 24.3 Å². The fraction of sp³-hybridized carbons (Fsp3) is 0.333. The lowest BCUT2D eigenvalue weighted by Gasteiger charge is -1.99. The first-order valence-electron chi connectivity index (χ1n) is 4.76. The molecule has 0 saturated carbocycles. The molecule has 1 aromatic carbocycles. The van der Waals surface area contributed by atoms with E-state index >= 15 is 0 Å². The number of hydrogen-bond donors (Lipinski definition) is 0. The SMILES string of the molecule is CC=NCc1ccc(CCC#N)cc1. The second kappa shape index (κ2) is 5.93. The first-order chi connectivity index (χ1) is 6.86. The summed E-state index contributed by atoms with van der Waals surface area (Å²) >= 11 is 0. The molecule has 0 aliphatic rings. The van der Waals surface area contributed by atoms with Gasteiger partial charge in [0.2, 0.25) is 0 Å². The van der Waals surface area contributed by atoms with Crippen LogP contribution >= 0.6 is 0 Å². The van der Waals surface area contributed by atoms with E-state index in [9.17, 15) is 0 Å². The summed E-state index contributed by atoms with van der Waals surface area (Å²) in [6, 6.07) is 10.4. The quantitative estimate of drug-likeness (QED) is 0.666. The van der Waals surface area contributed by atoms with E-state index in [0.717, 1.165) is 13.0 Å². The van der Waals surface area contributed by atoms with Crippen molar-refractivity contribution in [3.8, 4) is 6.07 Å². The fourth-order valence-electron chi connectivity index (χ4n) is 1.21. The monoisotopic (exact) mass is 186 g/mol. The number of aryl methyl sites for hydroxylation is 1. The van der Waals surface area contributed by atoms with Gasteiger partial charge >= 0.3 is 0 Å². The zero-order valence-electron chi connectivity index (χ0n) is 8.40. The minimum Gasteiger partial charge on any atom is -0.293 e. The third-order valence-electron chi connectivity index (χ3n) is 2.00. The van der Waals surface area contributed by atoms with Crippen LogP contribution < -0.4 is 0 Å². The maximum atomic E-state index is 8.43. The number of nitrogens with zero attached hydrogens (tertiary/aromatic N) is 2. The van der Waals surface area contributed by atoms with Gasteiger partial charge in [0.25, 0.3) is 0 Å². The summed E-state index contributed by atoms with van der Waals surface area (Å²) in [7, 11) is 0. The summed E-state index contributed by atoms with van der Waals surface area (Å²) in [5.41, 5.74) is 2.43. The predicted molar refractivity (Wildman–Crippen MR) is 58.2 cm³/mol. The van der Waals surface area contributed by atoms with Crippen molar-refractivity contribution in [2.75, 3.05) is 0 Å². The van der Waals surface area contributed by atoms with E-state index in [-0.39, 0.29) is 0 Å². The van der Waals surface area contributed by atoms with Crippen molar-refractivity contribution in [3.63, 3.8) is 0 Å². The first-order valence-corrected chi connectivity index (χ1v) is 4.76. The van der Waals surface area contributed by atoms with Gasteiger partial charge < -0.3 is 0 Å². The Kier molecular flexibility index (Phi) is 4.43. The average molecular weight is 186 g/mol. The molecule has 0 atom stereocenters. The number of benzene rings is 1. The largest absolute Gasteiger partial charge is 0.293 e. The highest BCUT2D eigenvalue weighted by molar-refractivity contribution is 5.53. The van der Waals surface area contributed by atoms with E-state index < -0.39 is 0 Å². The summed E-state index contributed by atoms with van der Waals surface area (Å²) in [5, 5.41) is 8.43. The van der Waals surface area contributed by atoms with Gasteiger partial charge in [-0.25, -0.2) is 0 Å². The number of nitriles is 1. The van der Waals surface area contributed by atoms with Gasteiger partial charge in [-0.15, -0.1) is 0 Å². The van der Waals surface area contributed by atoms with Crippen molar-refractivity contribution < 1.29 is 0 Å². The van der Waals surface area contributed by atoms with E-state index in [1.54, 1.807) is 0 Å². The molecule has 14 heavy (non-hydrogen) atoms. The predicted octanol–water partition coefficient (Wildman–Crippen LogP) is 2.73. The summed E-state index contributed by atoms with van der Waals surface area (Å²) in [6.07, 6.45) is 3.24. The Hall–Kier alpha value is -1.62. The molecule has 1 rings (SSSR count). The van der Waals surface area contributed by atoms with Crippen molar-refractivity contribution in [1.29, 1.82) is 5.26 Å². The molecule has 0 spiro atoms. The topological polar surface area (TPSA) is 36.1 Å². The highest BCUT2D eigenvalue weighted by atomic mass is 14.7. The molecule has 0 heterocycles. The average Bonchev–Trinajstić information content (AvgIpc) is 2.25. The van der Waals surface area contributed by atoms with Crippen molar-refractivity contribution in [2.45, 2.75) is 26.3 Å². The van der Waals surface area contributed by atoms with Gasteiger partial charge in [-0.05, 0) is 30.7 Å². The Morgan fingerprint density at radius 3 is 2.50 bits per heavy atom. The molecular formula is C12H14N2. The molecule has 0 unspecified atom stereocenters. The first kappa shape index (κ1) is 10.5. The normalized spacial score (nSPS) is 10.3. The number of hydrogen-bond acceptors (Lipinski definition) is 2. The second-order valence-corrected chi connectivity index (χ2v) is 3.07. The standard InChI is InChI=1S/C12H14N2/c1-2-14-10-12-7-5-11(6-8-12)4-3-9-13/h2,5-8H,3-4,10H2,1H3. The maximum Gasteiger partial charge on any atom is 0.0635 e. The maximum absolute atomic E-state index is 8.43. The van der Waals surface area contributed by atoms with Crippen LogP contribution in [0.3, 0.4) is 0 Å². The number of rotatable bonds is 4. The van der Waals surface area contributed by atoms with Crippen LogP contribution in [0.1, 0.15) is 24.5 Å². The Morgan fingerprint density at radius 2 is 1.93 bits per heavy atom. The van der Waals surface area contributed by atoms with Gasteiger partial charge in [0.15, 0.2) is 0 Å². The highest BCUT2D eigenvalue weighted by Gasteiger charge is 1.93. The minimum absolute atomic E-state index is 0.590. The van der Waals surface area contributed by atoms with Gasteiger partial charge in [-0.2, -0.15) is 5.26 Å². The molecule has 0 aliphatic carbocycles.